The maximum absolute atomic E-state index is 11.4. The van der Waals surface area contributed by atoms with Gasteiger partial charge in [-0.3, -0.25) is 4.79 Å². The SMILES string of the molecule is Cc1cc(S(=O)(=O)Cl)c(C)c(C)c1OCC(N)=O. The molecule has 0 fully saturated rings. The highest BCUT2D eigenvalue weighted by Crippen LogP contribution is 2.32. The third kappa shape index (κ3) is 3.14. The lowest BCUT2D eigenvalue weighted by Gasteiger charge is -2.15. The Balaban J connectivity index is 3.34. The van der Waals surface area contributed by atoms with E-state index in [1.807, 2.05) is 0 Å². The lowest BCUT2D eigenvalue weighted by atomic mass is 10.1. The van der Waals surface area contributed by atoms with Gasteiger partial charge in [-0.1, -0.05) is 0 Å². The molecule has 0 heterocycles. The second-order valence-electron chi connectivity index (χ2n) is 3.96. The van der Waals surface area contributed by atoms with Gasteiger partial charge < -0.3 is 10.5 Å². The van der Waals surface area contributed by atoms with Gasteiger partial charge in [-0.15, -0.1) is 0 Å². The number of primary amides is 1. The number of rotatable bonds is 4. The zero-order valence-electron chi connectivity index (χ0n) is 10.3. The molecule has 100 valence electrons. The van der Waals surface area contributed by atoms with E-state index in [2.05, 4.69) is 0 Å². The summed E-state index contributed by atoms with van der Waals surface area (Å²) in [6.07, 6.45) is 0. The van der Waals surface area contributed by atoms with Crippen molar-refractivity contribution in [2.24, 2.45) is 5.73 Å². The summed E-state index contributed by atoms with van der Waals surface area (Å²) in [7, 11) is 1.54. The number of hydrogen-bond donors (Lipinski definition) is 1. The molecule has 0 aliphatic rings. The Kier molecular flexibility index (Phi) is 4.24. The van der Waals surface area contributed by atoms with E-state index in [1.54, 1.807) is 20.8 Å². The van der Waals surface area contributed by atoms with Crippen LogP contribution in [0.2, 0.25) is 0 Å². The molecule has 0 atom stereocenters. The Hall–Kier alpha value is -1.27. The zero-order valence-corrected chi connectivity index (χ0v) is 11.9. The number of carbonyl (C=O) groups excluding carboxylic acids is 1. The molecule has 0 aromatic heterocycles. The summed E-state index contributed by atoms with van der Waals surface area (Å²) in [5.74, 6) is -0.143. The van der Waals surface area contributed by atoms with Crippen LogP contribution >= 0.6 is 10.7 Å². The number of carbonyl (C=O) groups is 1. The van der Waals surface area contributed by atoms with Crippen LogP contribution in [-0.2, 0) is 13.8 Å². The average molecular weight is 292 g/mol. The van der Waals surface area contributed by atoms with Crippen molar-refractivity contribution in [3.8, 4) is 5.75 Å². The highest BCUT2D eigenvalue weighted by molar-refractivity contribution is 8.13. The number of aryl methyl sites for hydroxylation is 1. The van der Waals surface area contributed by atoms with Crippen molar-refractivity contribution in [2.45, 2.75) is 25.7 Å². The van der Waals surface area contributed by atoms with Gasteiger partial charge in [-0.05, 0) is 43.5 Å². The van der Waals surface area contributed by atoms with Crippen LogP contribution in [0.15, 0.2) is 11.0 Å². The summed E-state index contributed by atoms with van der Waals surface area (Å²) in [5.41, 5.74) is 6.69. The van der Waals surface area contributed by atoms with E-state index in [1.165, 1.54) is 6.07 Å². The summed E-state index contributed by atoms with van der Waals surface area (Å²) in [6, 6.07) is 1.42. The second-order valence-corrected chi connectivity index (χ2v) is 6.50. The molecule has 0 unspecified atom stereocenters. The first-order valence-electron chi connectivity index (χ1n) is 5.11. The van der Waals surface area contributed by atoms with E-state index in [4.69, 9.17) is 21.2 Å². The van der Waals surface area contributed by atoms with Crippen LogP contribution < -0.4 is 10.5 Å². The molecule has 0 aliphatic carbocycles. The molecule has 0 saturated carbocycles. The minimum atomic E-state index is -3.80. The van der Waals surface area contributed by atoms with Gasteiger partial charge in [0, 0.05) is 10.7 Å². The van der Waals surface area contributed by atoms with E-state index in [-0.39, 0.29) is 11.5 Å². The third-order valence-corrected chi connectivity index (χ3v) is 4.05. The van der Waals surface area contributed by atoms with Crippen molar-refractivity contribution in [3.63, 3.8) is 0 Å². The van der Waals surface area contributed by atoms with Gasteiger partial charge in [0.1, 0.15) is 5.75 Å². The number of nitrogens with two attached hydrogens (primary N) is 1. The predicted octanol–water partition coefficient (Wildman–Crippen LogP) is 1.40. The zero-order chi connectivity index (χ0) is 14.1. The fourth-order valence-corrected chi connectivity index (χ4v) is 2.96. The van der Waals surface area contributed by atoms with Crippen LogP contribution in [0.5, 0.6) is 5.75 Å². The fraction of sp³-hybridized carbons (Fsp3) is 0.364. The number of ether oxygens (including phenoxy) is 1. The van der Waals surface area contributed by atoms with E-state index >= 15 is 0 Å². The maximum atomic E-state index is 11.4. The number of benzene rings is 1. The van der Waals surface area contributed by atoms with E-state index < -0.39 is 15.0 Å². The summed E-state index contributed by atoms with van der Waals surface area (Å²) >= 11 is 0. The Morgan fingerprint density at radius 2 is 1.89 bits per heavy atom. The van der Waals surface area contributed by atoms with Crippen LogP contribution in [0.4, 0.5) is 0 Å². The molecule has 7 heteroatoms. The largest absolute Gasteiger partial charge is 0.483 e. The Morgan fingerprint density at radius 1 is 1.33 bits per heavy atom. The average Bonchev–Trinajstić information content (AvgIpc) is 2.21. The molecule has 0 aliphatic heterocycles. The second kappa shape index (κ2) is 5.16. The number of halogens is 1. The van der Waals surface area contributed by atoms with E-state index in [9.17, 15) is 13.2 Å². The molecular formula is C11H14ClNO4S. The molecule has 1 amide bonds. The molecule has 1 rings (SSSR count). The predicted molar refractivity (Wildman–Crippen MR) is 68.4 cm³/mol. The van der Waals surface area contributed by atoms with Gasteiger partial charge in [0.2, 0.25) is 0 Å². The molecule has 2 N–H and O–H groups in total. The highest BCUT2D eigenvalue weighted by atomic mass is 35.7. The number of hydrogen-bond acceptors (Lipinski definition) is 4. The first-order valence-corrected chi connectivity index (χ1v) is 7.42. The first-order chi connectivity index (χ1) is 8.14. The Bertz CT molecular complexity index is 596. The highest BCUT2D eigenvalue weighted by Gasteiger charge is 2.19. The van der Waals surface area contributed by atoms with Gasteiger partial charge in [0.25, 0.3) is 15.0 Å². The molecule has 18 heavy (non-hydrogen) atoms. The van der Waals surface area contributed by atoms with Gasteiger partial charge in [0.15, 0.2) is 6.61 Å². The van der Waals surface area contributed by atoms with Gasteiger partial charge in [-0.2, -0.15) is 0 Å². The monoisotopic (exact) mass is 291 g/mol. The van der Waals surface area contributed by atoms with E-state index in [0.717, 1.165) is 0 Å². The smallest absolute Gasteiger partial charge is 0.261 e. The lowest BCUT2D eigenvalue weighted by Crippen LogP contribution is -2.20. The molecule has 5 nitrogen and oxygen atoms in total. The summed E-state index contributed by atoms with van der Waals surface area (Å²) in [6.45, 7) is 4.74. The Labute approximate surface area is 110 Å². The fourth-order valence-electron chi connectivity index (χ4n) is 1.64. The molecule has 0 saturated heterocycles. The Morgan fingerprint density at radius 3 is 2.33 bits per heavy atom. The molecule has 1 aromatic rings. The minimum Gasteiger partial charge on any atom is -0.483 e. The van der Waals surface area contributed by atoms with Crippen LogP contribution in [0.25, 0.3) is 0 Å². The molecule has 0 bridgehead atoms. The molecule has 1 aromatic carbocycles. The van der Waals surface area contributed by atoms with Crippen molar-refractivity contribution in [1.29, 1.82) is 0 Å². The lowest BCUT2D eigenvalue weighted by molar-refractivity contribution is -0.119. The molecular weight excluding hydrogens is 278 g/mol. The normalized spacial score (nSPS) is 11.3. The van der Waals surface area contributed by atoms with Gasteiger partial charge in [0.05, 0.1) is 4.90 Å². The van der Waals surface area contributed by atoms with Gasteiger partial charge in [-0.25, -0.2) is 8.42 Å². The van der Waals surface area contributed by atoms with E-state index in [0.29, 0.717) is 22.4 Å². The minimum absolute atomic E-state index is 0.0468. The van der Waals surface area contributed by atoms with Crippen LogP contribution in [0, 0.1) is 20.8 Å². The van der Waals surface area contributed by atoms with Crippen molar-refractivity contribution in [3.05, 3.63) is 22.8 Å². The van der Waals surface area contributed by atoms with Gasteiger partial charge >= 0.3 is 0 Å². The topological polar surface area (TPSA) is 86.5 Å². The summed E-state index contributed by atoms with van der Waals surface area (Å²) in [5, 5.41) is 0. The van der Waals surface area contributed by atoms with Crippen LogP contribution in [0.3, 0.4) is 0 Å². The first kappa shape index (κ1) is 14.8. The standard InChI is InChI=1S/C11H14ClNO4S/c1-6-4-9(18(12,15)16)7(2)8(3)11(6)17-5-10(13)14/h4H,5H2,1-3H3,(H2,13,14). The summed E-state index contributed by atoms with van der Waals surface area (Å²) < 4.78 is 28.0. The quantitative estimate of drug-likeness (QED) is 0.850. The van der Waals surface area contributed by atoms with Crippen molar-refractivity contribution >= 4 is 25.6 Å². The summed E-state index contributed by atoms with van der Waals surface area (Å²) in [4.78, 5) is 10.7. The van der Waals surface area contributed by atoms with Crippen molar-refractivity contribution in [1.82, 2.24) is 0 Å². The number of amides is 1. The van der Waals surface area contributed by atoms with Crippen molar-refractivity contribution < 1.29 is 17.9 Å². The van der Waals surface area contributed by atoms with Crippen LogP contribution in [-0.4, -0.2) is 20.9 Å². The third-order valence-electron chi connectivity index (χ3n) is 2.60. The maximum Gasteiger partial charge on any atom is 0.261 e. The van der Waals surface area contributed by atoms with Crippen molar-refractivity contribution in [2.75, 3.05) is 6.61 Å². The molecule has 0 radical (unpaired) electrons. The molecule has 0 spiro atoms. The van der Waals surface area contributed by atoms with Crippen LogP contribution in [0.1, 0.15) is 16.7 Å².